The van der Waals surface area contributed by atoms with E-state index in [0.29, 0.717) is 12.1 Å². The number of rotatable bonds is 8. The number of carboxylic acid groups (broad SMARTS) is 1. The number of hydrogen-bond donors (Lipinski definition) is 2. The Balaban J connectivity index is 1.43. The van der Waals surface area contributed by atoms with Gasteiger partial charge in [-0.15, -0.1) is 11.3 Å². The number of nitrogens with one attached hydrogen (secondary N) is 1. The second-order valence-electron chi connectivity index (χ2n) is 6.60. The van der Waals surface area contributed by atoms with Crippen LogP contribution < -0.4 is 5.32 Å². The van der Waals surface area contributed by atoms with E-state index in [1.54, 1.807) is 0 Å². The molecule has 0 radical (unpaired) electrons. The van der Waals surface area contributed by atoms with Crippen molar-refractivity contribution < 1.29 is 9.90 Å². The number of halogens is 1. The van der Waals surface area contributed by atoms with Gasteiger partial charge in [0, 0.05) is 39.4 Å². The smallest absolute Gasteiger partial charge is 0.317 e. The van der Waals surface area contributed by atoms with E-state index in [2.05, 4.69) is 39.1 Å². The molecule has 0 aromatic carbocycles. The molecule has 2 aliphatic carbocycles. The summed E-state index contributed by atoms with van der Waals surface area (Å²) in [5, 5.41) is 12.7. The molecule has 0 spiro atoms. The van der Waals surface area contributed by atoms with E-state index >= 15 is 0 Å². The highest BCUT2D eigenvalue weighted by Gasteiger charge is 2.36. The Kier molecular flexibility index (Phi) is 5.22. The van der Waals surface area contributed by atoms with Crippen molar-refractivity contribution in [3.05, 3.63) is 20.3 Å². The summed E-state index contributed by atoms with van der Waals surface area (Å²) in [4.78, 5) is 15.9. The molecule has 0 unspecified atom stereocenters. The van der Waals surface area contributed by atoms with Crippen molar-refractivity contribution in [1.82, 2.24) is 10.2 Å². The van der Waals surface area contributed by atoms with Gasteiger partial charge in [-0.1, -0.05) is 0 Å². The molecule has 0 saturated heterocycles. The van der Waals surface area contributed by atoms with E-state index in [0.717, 1.165) is 31.8 Å². The van der Waals surface area contributed by atoms with E-state index in [4.69, 9.17) is 5.11 Å². The first-order chi connectivity index (χ1) is 10.5. The van der Waals surface area contributed by atoms with Gasteiger partial charge in [-0.05, 0) is 60.5 Å². The molecule has 0 aliphatic heterocycles. The van der Waals surface area contributed by atoms with Gasteiger partial charge in [0.2, 0.25) is 0 Å². The lowest BCUT2D eigenvalue weighted by Gasteiger charge is -2.43. The predicted molar refractivity (Wildman–Crippen MR) is 92.3 cm³/mol. The fourth-order valence-corrected chi connectivity index (χ4v) is 4.85. The van der Waals surface area contributed by atoms with Gasteiger partial charge >= 0.3 is 5.97 Å². The standard InChI is InChI=1S/C16H23BrN2O2S/c1-10-4-14(17)15(22-10)7-18-12-5-13(6-12)19(9-16(20)21)8-11-2-3-11/h4,11-13,18H,2-3,5-9H2,1H3,(H,20,21). The normalized spacial score (nSPS) is 24.5. The maximum atomic E-state index is 11.0. The predicted octanol–water partition coefficient (Wildman–Crippen LogP) is 3.24. The van der Waals surface area contributed by atoms with E-state index < -0.39 is 5.97 Å². The number of aliphatic carboxylic acids is 1. The van der Waals surface area contributed by atoms with Crippen molar-refractivity contribution in [2.45, 2.75) is 51.2 Å². The van der Waals surface area contributed by atoms with Crippen LogP contribution in [0.2, 0.25) is 0 Å². The Bertz CT molecular complexity index is 538. The summed E-state index contributed by atoms with van der Waals surface area (Å²) in [6, 6.07) is 3.13. The topological polar surface area (TPSA) is 52.6 Å². The molecule has 2 aliphatic rings. The molecule has 6 heteroatoms. The summed E-state index contributed by atoms with van der Waals surface area (Å²) in [6.07, 6.45) is 4.69. The van der Waals surface area contributed by atoms with Gasteiger partial charge in [-0.2, -0.15) is 0 Å². The molecular formula is C16H23BrN2O2S. The zero-order chi connectivity index (χ0) is 15.7. The summed E-state index contributed by atoms with van der Waals surface area (Å²) in [7, 11) is 0. The molecule has 1 aromatic heterocycles. The van der Waals surface area contributed by atoms with Crippen LogP contribution >= 0.6 is 27.3 Å². The molecule has 122 valence electrons. The van der Waals surface area contributed by atoms with Crippen LogP contribution in [0.5, 0.6) is 0 Å². The van der Waals surface area contributed by atoms with Crippen molar-refractivity contribution in [3.63, 3.8) is 0 Å². The highest BCUT2D eigenvalue weighted by molar-refractivity contribution is 9.10. The quantitative estimate of drug-likeness (QED) is 0.719. The van der Waals surface area contributed by atoms with Gasteiger partial charge in [0.05, 0.1) is 6.54 Å². The first-order valence-electron chi connectivity index (χ1n) is 7.95. The van der Waals surface area contributed by atoms with Crippen LogP contribution in [0.25, 0.3) is 0 Å². The summed E-state index contributed by atoms with van der Waals surface area (Å²) in [5.74, 6) is 0.0476. The van der Waals surface area contributed by atoms with Crippen LogP contribution in [0.15, 0.2) is 10.5 Å². The largest absolute Gasteiger partial charge is 0.480 e. The maximum absolute atomic E-state index is 11.0. The van der Waals surface area contributed by atoms with Crippen LogP contribution in [0.4, 0.5) is 0 Å². The van der Waals surface area contributed by atoms with Gasteiger partial charge in [0.15, 0.2) is 0 Å². The second-order valence-corrected chi connectivity index (χ2v) is 8.79. The van der Waals surface area contributed by atoms with Crippen molar-refractivity contribution in [3.8, 4) is 0 Å². The Morgan fingerprint density at radius 3 is 2.77 bits per heavy atom. The Hall–Kier alpha value is -0.430. The molecule has 0 atom stereocenters. The number of thiophene rings is 1. The fraction of sp³-hybridized carbons (Fsp3) is 0.688. The minimum absolute atomic E-state index is 0.198. The van der Waals surface area contributed by atoms with E-state index in [1.165, 1.54) is 27.1 Å². The lowest BCUT2D eigenvalue weighted by atomic mass is 9.85. The third kappa shape index (κ3) is 4.31. The van der Waals surface area contributed by atoms with Crippen LogP contribution in [0, 0.1) is 12.8 Å². The molecule has 22 heavy (non-hydrogen) atoms. The van der Waals surface area contributed by atoms with Crippen molar-refractivity contribution >= 4 is 33.2 Å². The molecule has 2 fully saturated rings. The molecular weight excluding hydrogens is 364 g/mol. The molecule has 0 amide bonds. The van der Waals surface area contributed by atoms with Gasteiger partial charge < -0.3 is 10.4 Å². The third-order valence-corrected chi connectivity index (χ3v) is 6.61. The van der Waals surface area contributed by atoms with Gasteiger partial charge in [0.25, 0.3) is 0 Å². The van der Waals surface area contributed by atoms with Gasteiger partial charge in [-0.3, -0.25) is 9.69 Å². The van der Waals surface area contributed by atoms with Gasteiger partial charge in [-0.25, -0.2) is 0 Å². The average Bonchev–Trinajstić information content (AvgIpc) is 3.12. The monoisotopic (exact) mass is 386 g/mol. The van der Waals surface area contributed by atoms with Crippen molar-refractivity contribution in [2.75, 3.05) is 13.1 Å². The number of nitrogens with zero attached hydrogens (tertiary/aromatic N) is 1. The molecule has 2 saturated carbocycles. The molecule has 2 N–H and O–H groups in total. The number of aryl methyl sites for hydroxylation is 1. The zero-order valence-corrected chi connectivity index (χ0v) is 15.3. The van der Waals surface area contributed by atoms with E-state index in [-0.39, 0.29) is 6.54 Å². The lowest BCUT2D eigenvalue weighted by Crippen LogP contribution is -2.54. The lowest BCUT2D eigenvalue weighted by molar-refractivity contribution is -0.139. The number of carbonyl (C=O) groups is 1. The summed E-state index contributed by atoms with van der Waals surface area (Å²) in [5.41, 5.74) is 0. The fourth-order valence-electron chi connectivity index (χ4n) is 3.09. The Morgan fingerprint density at radius 2 is 2.23 bits per heavy atom. The summed E-state index contributed by atoms with van der Waals surface area (Å²) in [6.45, 7) is 4.20. The minimum Gasteiger partial charge on any atom is -0.480 e. The van der Waals surface area contributed by atoms with E-state index in [1.807, 2.05) is 11.3 Å². The summed E-state index contributed by atoms with van der Waals surface area (Å²) >= 11 is 5.43. The first kappa shape index (κ1) is 16.4. The molecule has 1 heterocycles. The first-order valence-corrected chi connectivity index (χ1v) is 9.56. The van der Waals surface area contributed by atoms with Crippen molar-refractivity contribution in [1.29, 1.82) is 0 Å². The zero-order valence-electron chi connectivity index (χ0n) is 12.8. The van der Waals surface area contributed by atoms with Crippen LogP contribution in [0.3, 0.4) is 0 Å². The highest BCUT2D eigenvalue weighted by atomic mass is 79.9. The Labute approximate surface area is 144 Å². The molecule has 3 rings (SSSR count). The minimum atomic E-state index is -0.699. The number of carboxylic acids is 1. The molecule has 1 aromatic rings. The van der Waals surface area contributed by atoms with E-state index in [9.17, 15) is 4.79 Å². The third-order valence-electron chi connectivity index (χ3n) is 4.59. The number of hydrogen-bond acceptors (Lipinski definition) is 4. The maximum Gasteiger partial charge on any atom is 0.317 e. The molecule has 4 nitrogen and oxygen atoms in total. The van der Waals surface area contributed by atoms with Gasteiger partial charge in [0.1, 0.15) is 0 Å². The molecule has 0 bridgehead atoms. The average molecular weight is 387 g/mol. The highest BCUT2D eigenvalue weighted by Crippen LogP contribution is 2.34. The SMILES string of the molecule is Cc1cc(Br)c(CNC2CC(N(CC(=O)O)CC3CC3)C2)s1. The summed E-state index contributed by atoms with van der Waals surface area (Å²) < 4.78 is 1.19. The van der Waals surface area contributed by atoms with Crippen LogP contribution in [-0.4, -0.2) is 41.1 Å². The second kappa shape index (κ2) is 6.99. The van der Waals surface area contributed by atoms with Crippen LogP contribution in [0.1, 0.15) is 35.4 Å². The Morgan fingerprint density at radius 1 is 1.50 bits per heavy atom. The van der Waals surface area contributed by atoms with Crippen molar-refractivity contribution in [2.24, 2.45) is 5.92 Å². The van der Waals surface area contributed by atoms with Crippen LogP contribution in [-0.2, 0) is 11.3 Å².